The fourth-order valence-corrected chi connectivity index (χ4v) is 7.43. The Morgan fingerprint density at radius 1 is 0.517 bits per heavy atom. The topological polar surface area (TPSA) is 384 Å². The molecule has 5 aliphatic rings. The third-order valence-corrected chi connectivity index (χ3v) is 10.6. The van der Waals surface area contributed by atoms with Gasteiger partial charge in [-0.3, -0.25) is 9.59 Å². The summed E-state index contributed by atoms with van der Waals surface area (Å²) >= 11 is 0. The summed E-state index contributed by atoms with van der Waals surface area (Å²) in [7, 11) is 0. The molecule has 5 fully saturated rings. The van der Waals surface area contributed by atoms with Gasteiger partial charge >= 0.3 is 0 Å². The van der Waals surface area contributed by atoms with Crippen molar-refractivity contribution in [2.24, 2.45) is 0 Å². The number of hydrogen-bond acceptors (Lipinski definition) is 23. The molecule has 5 saturated heterocycles. The molecular formula is C33H56N2O23. The highest BCUT2D eigenvalue weighted by atomic mass is 16.8. The third-order valence-electron chi connectivity index (χ3n) is 10.6. The molecule has 0 saturated carbocycles. The molecule has 0 aromatic carbocycles. The van der Waals surface area contributed by atoms with E-state index >= 15 is 0 Å². The molecule has 0 unspecified atom stereocenters. The van der Waals surface area contributed by atoms with Gasteiger partial charge in [0.25, 0.3) is 0 Å². The molecule has 2 amide bonds. The second-order valence-electron chi connectivity index (χ2n) is 14.8. The monoisotopic (exact) mass is 848 g/mol. The maximum absolute atomic E-state index is 12.5. The molecule has 5 heterocycles. The van der Waals surface area contributed by atoms with E-state index in [1.165, 1.54) is 13.8 Å². The molecule has 0 bridgehead atoms. The summed E-state index contributed by atoms with van der Waals surface area (Å²) in [6.07, 6.45) is -34.7. The molecule has 23 atom stereocenters. The van der Waals surface area contributed by atoms with Crippen molar-refractivity contribution in [3.05, 3.63) is 0 Å². The van der Waals surface area contributed by atoms with E-state index in [1.54, 1.807) is 0 Å². The fraction of sp³-hybridized carbons (Fsp3) is 0.939. The second-order valence-corrected chi connectivity index (χ2v) is 14.8. The zero-order chi connectivity index (χ0) is 42.7. The van der Waals surface area contributed by atoms with Crippen LogP contribution < -0.4 is 10.6 Å². The van der Waals surface area contributed by atoms with Crippen LogP contribution in [0.4, 0.5) is 0 Å². The average molecular weight is 849 g/mol. The molecule has 0 aliphatic carbocycles. The van der Waals surface area contributed by atoms with E-state index in [0.29, 0.717) is 0 Å². The van der Waals surface area contributed by atoms with Crippen molar-refractivity contribution in [3.8, 4) is 0 Å². The lowest BCUT2D eigenvalue weighted by Gasteiger charge is -2.50. The van der Waals surface area contributed by atoms with Gasteiger partial charge in [0.1, 0.15) is 104 Å². The smallest absolute Gasteiger partial charge is 0.217 e. The molecule has 25 heteroatoms. The molecule has 0 aromatic rings. The van der Waals surface area contributed by atoms with E-state index in [2.05, 4.69) is 10.6 Å². The van der Waals surface area contributed by atoms with Gasteiger partial charge < -0.3 is 115 Å². The van der Waals surface area contributed by atoms with Gasteiger partial charge in [0.05, 0.1) is 45.2 Å². The highest BCUT2D eigenvalue weighted by molar-refractivity contribution is 5.73. The van der Waals surface area contributed by atoms with Crippen LogP contribution in [0.15, 0.2) is 0 Å². The van der Waals surface area contributed by atoms with Crippen LogP contribution in [0.1, 0.15) is 20.8 Å². The first-order valence-electron chi connectivity index (χ1n) is 18.7. The van der Waals surface area contributed by atoms with Gasteiger partial charge in [0.15, 0.2) is 25.2 Å². The van der Waals surface area contributed by atoms with E-state index in [9.17, 15) is 70.9 Å². The van der Waals surface area contributed by atoms with Crippen LogP contribution in [-0.2, 0) is 52.2 Å². The highest BCUT2D eigenvalue weighted by Gasteiger charge is 2.56. The Bertz CT molecular complexity index is 1340. The molecule has 336 valence electrons. The lowest BCUT2D eigenvalue weighted by molar-refractivity contribution is -0.383. The van der Waals surface area contributed by atoms with E-state index in [-0.39, 0.29) is 6.61 Å². The van der Waals surface area contributed by atoms with Crippen molar-refractivity contribution in [3.63, 3.8) is 0 Å². The Balaban J connectivity index is 1.43. The summed E-state index contributed by atoms with van der Waals surface area (Å²) in [5.41, 5.74) is 0. The molecule has 25 nitrogen and oxygen atoms in total. The van der Waals surface area contributed by atoms with Crippen molar-refractivity contribution >= 4 is 11.8 Å². The zero-order valence-electron chi connectivity index (χ0n) is 31.7. The number of carbonyl (C=O) groups is 2. The minimum atomic E-state index is -1.94. The summed E-state index contributed by atoms with van der Waals surface area (Å²) in [5.74, 6) is -1.31. The molecule has 58 heavy (non-hydrogen) atoms. The van der Waals surface area contributed by atoms with Crippen LogP contribution >= 0.6 is 0 Å². The first-order valence-corrected chi connectivity index (χ1v) is 18.7. The van der Waals surface area contributed by atoms with E-state index < -0.39 is 179 Å². The summed E-state index contributed by atoms with van der Waals surface area (Å²) in [4.78, 5) is 24.8. The number of nitrogens with one attached hydrogen (secondary N) is 2. The van der Waals surface area contributed by atoms with Crippen molar-refractivity contribution < 1.29 is 113 Å². The molecule has 0 radical (unpaired) electrons. The van der Waals surface area contributed by atoms with E-state index in [1.807, 2.05) is 0 Å². The van der Waals surface area contributed by atoms with Crippen LogP contribution in [0.2, 0.25) is 0 Å². The number of amides is 2. The lowest BCUT2D eigenvalue weighted by Crippen LogP contribution is -2.70. The van der Waals surface area contributed by atoms with Crippen LogP contribution in [0.5, 0.6) is 0 Å². The summed E-state index contributed by atoms with van der Waals surface area (Å²) in [6.45, 7) is 0.336. The first-order chi connectivity index (χ1) is 27.4. The van der Waals surface area contributed by atoms with Gasteiger partial charge in [-0.2, -0.15) is 0 Å². The Morgan fingerprint density at radius 2 is 1.09 bits per heavy atom. The van der Waals surface area contributed by atoms with Crippen LogP contribution in [0.3, 0.4) is 0 Å². The van der Waals surface area contributed by atoms with E-state index in [0.717, 1.165) is 6.92 Å². The molecule has 0 aromatic heterocycles. The normalized spacial score (nSPS) is 48.9. The number of carbonyl (C=O) groups excluding carboxylic acids is 2. The van der Waals surface area contributed by atoms with Gasteiger partial charge in [0.2, 0.25) is 11.8 Å². The summed E-state index contributed by atoms with van der Waals surface area (Å²) in [5, 5.41) is 131. The number of rotatable bonds is 13. The predicted molar refractivity (Wildman–Crippen MR) is 181 cm³/mol. The van der Waals surface area contributed by atoms with Crippen LogP contribution in [-0.4, -0.2) is 247 Å². The minimum Gasteiger partial charge on any atom is -0.394 e. The summed E-state index contributed by atoms with van der Waals surface area (Å²) < 4.78 is 52.3. The average Bonchev–Trinajstić information content (AvgIpc) is 3.18. The van der Waals surface area contributed by atoms with Crippen molar-refractivity contribution in [1.29, 1.82) is 0 Å². The number of ether oxygens (including phenoxy) is 9. The number of aliphatic hydroxyl groups excluding tert-OH is 12. The molecule has 0 spiro atoms. The largest absolute Gasteiger partial charge is 0.394 e. The van der Waals surface area contributed by atoms with Gasteiger partial charge in [-0.25, -0.2) is 0 Å². The Kier molecular flexibility index (Phi) is 16.5. The van der Waals surface area contributed by atoms with Gasteiger partial charge in [-0.1, -0.05) is 0 Å². The van der Waals surface area contributed by atoms with Crippen molar-refractivity contribution in [1.82, 2.24) is 10.6 Å². The zero-order valence-corrected chi connectivity index (χ0v) is 31.7. The van der Waals surface area contributed by atoms with Crippen molar-refractivity contribution in [2.45, 2.75) is 162 Å². The highest BCUT2D eigenvalue weighted by Crippen LogP contribution is 2.35. The lowest BCUT2D eigenvalue weighted by atomic mass is 9.94. The Labute approximate surface area is 330 Å². The molecule has 5 rings (SSSR count). The van der Waals surface area contributed by atoms with Crippen molar-refractivity contribution in [2.75, 3.05) is 33.0 Å². The second kappa shape index (κ2) is 20.3. The minimum absolute atomic E-state index is 0.278. The SMILES string of the molecule is CC(=O)N[C@H]1[C@H](O[C@H]2[C@H](O[C@@H]3O[C@@H](C)[C@@H](O)[C@@H](O)[C@@H]3O)[C@@H](NC(C)=O)CO[C@@H]2CO)O[C@H](CO)[C@@H](O[C@@H]2O[C@H](CO)[C@@H](O)[C@H](O)[C@@H]2O[C@@H]2OC[C@@H](O)[C@H](O)[C@H]2O)[C@@H]1O. The van der Waals surface area contributed by atoms with Gasteiger partial charge in [-0.15, -0.1) is 0 Å². The molecule has 14 N–H and O–H groups in total. The standard InChI is InChI=1S/C33H56N2O23/c1-9-18(42)22(46)25(49)32(52-9)55-26-12(34-10(2)39)7-50-15(5-37)28(26)57-30-17(35-11(3)40)21(45)27(16(6-38)54-30)56-33-29(23(47)20(44)14(4-36)53-33)58-31-24(48)19(43)13(41)8-51-31/h9,12-33,36-38,41-49H,4-8H2,1-3H3,(H,34,39)(H,35,40)/t9-,12-,13+,14+,15+,16+,17+,18+,19-,20+,21+,22+,23-,24+,25-,26+,27+,28+,29-,30-,31-,32-,33-/m0/s1. The van der Waals surface area contributed by atoms with E-state index in [4.69, 9.17) is 42.6 Å². The van der Waals surface area contributed by atoms with Crippen LogP contribution in [0, 0.1) is 0 Å². The van der Waals surface area contributed by atoms with Crippen LogP contribution in [0.25, 0.3) is 0 Å². The molecular weight excluding hydrogens is 792 g/mol. The maximum Gasteiger partial charge on any atom is 0.217 e. The Hall–Kier alpha value is -1.90. The number of aliphatic hydroxyl groups is 12. The van der Waals surface area contributed by atoms with Gasteiger partial charge in [-0.05, 0) is 6.92 Å². The fourth-order valence-electron chi connectivity index (χ4n) is 7.43. The summed E-state index contributed by atoms with van der Waals surface area (Å²) in [6, 6.07) is -2.71. The molecule has 5 aliphatic heterocycles. The Morgan fingerprint density at radius 3 is 1.71 bits per heavy atom. The quantitative estimate of drug-likeness (QED) is 0.0818. The maximum atomic E-state index is 12.5. The first kappa shape index (κ1) is 47.2. The van der Waals surface area contributed by atoms with Gasteiger partial charge in [0, 0.05) is 13.8 Å². The number of hydrogen-bond donors (Lipinski definition) is 14. The predicted octanol–water partition coefficient (Wildman–Crippen LogP) is -9.29. The third kappa shape index (κ3) is 10.2.